The minimum Gasteiger partial charge on any atom is -0.340 e. The number of thiocarbonyl (C=S) groups is 1. The highest BCUT2D eigenvalue weighted by Crippen LogP contribution is 2.32. The number of benzene rings is 1. The molecule has 0 unspecified atom stereocenters. The van der Waals surface area contributed by atoms with Crippen LogP contribution in [-0.2, 0) is 9.59 Å². The molecule has 5 nitrogen and oxygen atoms in total. The first-order chi connectivity index (χ1) is 13.9. The lowest BCUT2D eigenvalue weighted by Crippen LogP contribution is -2.47. The number of aryl methyl sites for hydroxylation is 1. The Hall–Kier alpha value is -1.70. The van der Waals surface area contributed by atoms with Gasteiger partial charge in [-0.1, -0.05) is 60.2 Å². The molecule has 7 heteroatoms. The molecule has 3 rings (SSSR count). The van der Waals surface area contributed by atoms with E-state index in [0.29, 0.717) is 22.2 Å². The zero-order chi connectivity index (χ0) is 20.8. The number of unbranched alkanes of at least 4 members (excludes halogenated alkanes) is 2. The van der Waals surface area contributed by atoms with E-state index in [2.05, 4.69) is 11.9 Å². The molecule has 2 amide bonds. The second-order valence-corrected chi connectivity index (χ2v) is 9.41. The van der Waals surface area contributed by atoms with Crippen LogP contribution in [0, 0.1) is 6.92 Å². The van der Waals surface area contributed by atoms with Crippen LogP contribution >= 0.6 is 24.0 Å². The maximum atomic E-state index is 12.7. The summed E-state index contributed by atoms with van der Waals surface area (Å²) in [4.78, 5) is 31.6. The zero-order valence-electron chi connectivity index (χ0n) is 17.2. The number of likely N-dealkylation sites (N-methyl/N-ethyl adjacent to an activating group) is 1. The fraction of sp³-hybridized carbons (Fsp3) is 0.500. The number of hydrogen-bond donors (Lipinski definition) is 0. The molecule has 29 heavy (non-hydrogen) atoms. The summed E-state index contributed by atoms with van der Waals surface area (Å²) >= 11 is 6.78. The highest BCUT2D eigenvalue weighted by molar-refractivity contribution is 8.26. The van der Waals surface area contributed by atoms with Gasteiger partial charge in [0.15, 0.2) is 0 Å². The lowest BCUT2D eigenvalue weighted by atomic mass is 10.1. The van der Waals surface area contributed by atoms with Gasteiger partial charge >= 0.3 is 0 Å². The number of carbonyl (C=O) groups is 2. The van der Waals surface area contributed by atoms with Gasteiger partial charge in [0.25, 0.3) is 5.91 Å². The second kappa shape index (κ2) is 10.4. The molecule has 2 saturated heterocycles. The number of nitrogens with zero attached hydrogens (tertiary/aromatic N) is 3. The average Bonchev–Trinajstić information content (AvgIpc) is 2.97. The van der Waals surface area contributed by atoms with E-state index in [9.17, 15) is 9.59 Å². The third-order valence-corrected chi connectivity index (χ3v) is 6.75. The maximum absolute atomic E-state index is 12.7. The van der Waals surface area contributed by atoms with Gasteiger partial charge in [-0.2, -0.15) is 0 Å². The minimum atomic E-state index is -0.00547. The predicted octanol–water partition coefficient (Wildman–Crippen LogP) is 3.53. The number of hydrogen-bond acceptors (Lipinski definition) is 5. The lowest BCUT2D eigenvalue weighted by Gasteiger charge is -2.32. The quantitative estimate of drug-likeness (QED) is 0.375. The van der Waals surface area contributed by atoms with Gasteiger partial charge in [0, 0.05) is 39.1 Å². The van der Waals surface area contributed by atoms with Crippen molar-refractivity contribution in [3.05, 3.63) is 40.3 Å². The topological polar surface area (TPSA) is 43.9 Å². The molecule has 0 N–H and O–H groups in total. The van der Waals surface area contributed by atoms with E-state index in [1.165, 1.54) is 17.3 Å². The smallest absolute Gasteiger partial charge is 0.266 e. The maximum Gasteiger partial charge on any atom is 0.266 e. The summed E-state index contributed by atoms with van der Waals surface area (Å²) in [5, 5.41) is 0. The van der Waals surface area contributed by atoms with Gasteiger partial charge in [-0.05, 0) is 38.5 Å². The molecular formula is C22H29N3O2S2. The number of thioether (sulfide) groups is 1. The summed E-state index contributed by atoms with van der Waals surface area (Å²) in [6.45, 7) is 6.24. The summed E-state index contributed by atoms with van der Waals surface area (Å²) in [5.41, 5.74) is 2.21. The first-order valence-corrected chi connectivity index (χ1v) is 11.4. The molecule has 1 aromatic carbocycles. The van der Waals surface area contributed by atoms with E-state index in [1.54, 1.807) is 4.90 Å². The van der Waals surface area contributed by atoms with Crippen molar-refractivity contribution in [2.75, 3.05) is 39.8 Å². The molecule has 2 heterocycles. The molecule has 0 saturated carbocycles. The monoisotopic (exact) mass is 431 g/mol. The number of piperazine rings is 1. The summed E-state index contributed by atoms with van der Waals surface area (Å²) in [6.07, 6.45) is 5.15. The number of carbonyl (C=O) groups excluding carboxylic acids is 2. The standard InChI is InChI=1S/C22H29N3O2S2/c1-17-7-9-18(10-8-17)16-19-21(27)25(22(28)29-19)11-5-3-4-6-20(26)24-14-12-23(2)13-15-24/h7-10,16H,3-6,11-15H2,1-2H3. The molecule has 156 valence electrons. The molecule has 0 radical (unpaired) electrons. The van der Waals surface area contributed by atoms with Crippen molar-refractivity contribution in [2.45, 2.75) is 32.6 Å². The van der Waals surface area contributed by atoms with Crippen LogP contribution in [0.25, 0.3) is 6.08 Å². The first-order valence-electron chi connectivity index (χ1n) is 10.2. The molecule has 0 bridgehead atoms. The molecule has 2 aliphatic rings. The van der Waals surface area contributed by atoms with E-state index < -0.39 is 0 Å². The molecule has 2 fully saturated rings. The molecule has 0 atom stereocenters. The lowest BCUT2D eigenvalue weighted by molar-refractivity contribution is -0.133. The van der Waals surface area contributed by atoms with Crippen molar-refractivity contribution in [3.63, 3.8) is 0 Å². The van der Waals surface area contributed by atoms with Crippen LogP contribution in [0.2, 0.25) is 0 Å². The number of amides is 2. The molecule has 1 aromatic rings. The van der Waals surface area contributed by atoms with Gasteiger partial charge < -0.3 is 9.80 Å². The van der Waals surface area contributed by atoms with Crippen molar-refractivity contribution in [2.24, 2.45) is 0 Å². The second-order valence-electron chi connectivity index (χ2n) is 7.74. The largest absolute Gasteiger partial charge is 0.340 e. The molecule has 0 spiro atoms. The van der Waals surface area contributed by atoms with Gasteiger partial charge in [0.2, 0.25) is 5.91 Å². The van der Waals surface area contributed by atoms with Crippen molar-refractivity contribution in [1.29, 1.82) is 0 Å². The van der Waals surface area contributed by atoms with Crippen LogP contribution in [0.4, 0.5) is 0 Å². The van der Waals surface area contributed by atoms with Gasteiger partial charge in [0.05, 0.1) is 4.91 Å². The molecule has 0 aliphatic carbocycles. The Balaban J connectivity index is 1.40. The summed E-state index contributed by atoms with van der Waals surface area (Å²) in [5.74, 6) is 0.249. The van der Waals surface area contributed by atoms with Gasteiger partial charge in [-0.25, -0.2) is 0 Å². The number of rotatable bonds is 7. The highest BCUT2D eigenvalue weighted by atomic mass is 32.2. The van der Waals surface area contributed by atoms with Crippen LogP contribution in [0.1, 0.15) is 36.8 Å². The van der Waals surface area contributed by atoms with Crippen LogP contribution in [0.15, 0.2) is 29.2 Å². The first kappa shape index (κ1) is 22.0. The van der Waals surface area contributed by atoms with Gasteiger partial charge in [-0.3, -0.25) is 14.5 Å². The third-order valence-electron chi connectivity index (χ3n) is 5.38. The highest BCUT2D eigenvalue weighted by Gasteiger charge is 2.31. The Morgan fingerprint density at radius 1 is 1.10 bits per heavy atom. The SMILES string of the molecule is Cc1ccc(C=C2SC(=S)N(CCCCCC(=O)N3CCN(C)CC3)C2=O)cc1. The zero-order valence-corrected chi connectivity index (χ0v) is 18.9. The van der Waals surface area contributed by atoms with E-state index in [4.69, 9.17) is 12.2 Å². The Morgan fingerprint density at radius 3 is 2.48 bits per heavy atom. The summed E-state index contributed by atoms with van der Waals surface area (Å²) in [7, 11) is 2.09. The van der Waals surface area contributed by atoms with Crippen LogP contribution in [0.5, 0.6) is 0 Å². The van der Waals surface area contributed by atoms with E-state index >= 15 is 0 Å². The normalized spacial score (nSPS) is 19.4. The summed E-state index contributed by atoms with van der Waals surface area (Å²) in [6, 6.07) is 8.10. The molecular weight excluding hydrogens is 402 g/mol. The molecule has 0 aromatic heterocycles. The van der Waals surface area contributed by atoms with Crippen molar-refractivity contribution < 1.29 is 9.59 Å². The minimum absolute atomic E-state index is 0.00547. The van der Waals surface area contributed by atoms with Crippen LogP contribution < -0.4 is 0 Å². The Morgan fingerprint density at radius 2 is 1.79 bits per heavy atom. The molecule has 2 aliphatic heterocycles. The third kappa shape index (κ3) is 6.14. The van der Waals surface area contributed by atoms with Crippen molar-refractivity contribution in [1.82, 2.24) is 14.7 Å². The van der Waals surface area contributed by atoms with E-state index in [1.807, 2.05) is 42.2 Å². The van der Waals surface area contributed by atoms with Crippen molar-refractivity contribution in [3.8, 4) is 0 Å². The Labute approximate surface area is 183 Å². The van der Waals surface area contributed by atoms with Crippen LogP contribution in [-0.4, -0.2) is 70.6 Å². The van der Waals surface area contributed by atoms with Gasteiger partial charge in [-0.15, -0.1) is 0 Å². The Bertz CT molecular complexity index is 784. The van der Waals surface area contributed by atoms with Gasteiger partial charge in [0.1, 0.15) is 4.32 Å². The summed E-state index contributed by atoms with van der Waals surface area (Å²) < 4.78 is 0.627. The van der Waals surface area contributed by atoms with Crippen molar-refractivity contribution >= 4 is 46.2 Å². The van der Waals surface area contributed by atoms with Crippen LogP contribution in [0.3, 0.4) is 0 Å². The fourth-order valence-corrected chi connectivity index (χ4v) is 4.75. The van der Waals surface area contributed by atoms with E-state index in [0.717, 1.165) is 51.0 Å². The average molecular weight is 432 g/mol. The Kier molecular flexibility index (Phi) is 7.86. The fourth-order valence-electron chi connectivity index (χ4n) is 3.44. The predicted molar refractivity (Wildman–Crippen MR) is 124 cm³/mol. The van der Waals surface area contributed by atoms with E-state index in [-0.39, 0.29) is 11.8 Å².